The lowest BCUT2D eigenvalue weighted by Crippen LogP contribution is -2.18. The van der Waals surface area contributed by atoms with Crippen LogP contribution in [0.4, 0.5) is 5.82 Å². The number of anilines is 1. The van der Waals surface area contributed by atoms with Gasteiger partial charge in [-0.3, -0.25) is 0 Å². The van der Waals surface area contributed by atoms with Gasteiger partial charge in [0.25, 0.3) is 0 Å². The third kappa shape index (κ3) is 2.29. The molecule has 3 rings (SSSR count). The molecule has 0 bridgehead atoms. The number of hydrogen-bond donors (Lipinski definition) is 1. The lowest BCUT2D eigenvalue weighted by molar-refractivity contribution is 0.944. The van der Waals surface area contributed by atoms with E-state index in [1.165, 1.54) is 12.8 Å². The Morgan fingerprint density at radius 2 is 2.11 bits per heavy atom. The first-order valence-corrected chi connectivity index (χ1v) is 6.66. The summed E-state index contributed by atoms with van der Waals surface area (Å²) in [5.41, 5.74) is 2.54. The smallest absolute Gasteiger partial charge is 0.129 e. The number of nitrogens with one attached hydrogen (secondary N) is 1. The third-order valence-electron chi connectivity index (χ3n) is 3.38. The molecule has 0 atom stereocenters. The first-order chi connectivity index (χ1) is 9.28. The maximum Gasteiger partial charge on any atom is 0.129 e. The Labute approximate surface area is 116 Å². The first kappa shape index (κ1) is 12.1. The number of hydrogen-bond acceptors (Lipinski definition) is 3. The molecule has 2 aromatic rings. The van der Waals surface area contributed by atoms with Crippen molar-refractivity contribution in [3.8, 4) is 17.3 Å². The van der Waals surface area contributed by atoms with Gasteiger partial charge in [-0.25, -0.2) is 4.98 Å². The highest BCUT2D eigenvalue weighted by Crippen LogP contribution is 2.29. The summed E-state index contributed by atoms with van der Waals surface area (Å²) in [5.74, 6) is 0.919. The second-order valence-electron chi connectivity index (χ2n) is 4.62. The molecule has 4 nitrogen and oxygen atoms in total. The van der Waals surface area contributed by atoms with Crippen LogP contribution in [0.5, 0.6) is 0 Å². The predicted molar refractivity (Wildman–Crippen MR) is 75.2 cm³/mol. The summed E-state index contributed by atoms with van der Waals surface area (Å²) in [6.45, 7) is 2.01. The molecule has 19 heavy (non-hydrogen) atoms. The van der Waals surface area contributed by atoms with E-state index in [0.717, 1.165) is 30.2 Å². The zero-order chi connectivity index (χ0) is 13.2. The van der Waals surface area contributed by atoms with E-state index in [4.69, 9.17) is 11.6 Å². The summed E-state index contributed by atoms with van der Waals surface area (Å²) in [5, 5.41) is 9.71. The van der Waals surface area contributed by atoms with Crippen LogP contribution in [-0.4, -0.2) is 23.1 Å². The molecule has 0 aromatic carbocycles. The first-order valence-electron chi connectivity index (χ1n) is 6.28. The molecule has 1 fully saturated rings. The molecule has 1 saturated heterocycles. The molecule has 96 valence electrons. The average molecular weight is 273 g/mol. The molecular weight excluding hydrogens is 260 g/mol. The summed E-state index contributed by atoms with van der Waals surface area (Å²) in [4.78, 5) is 9.53. The Kier molecular flexibility index (Phi) is 3.14. The Morgan fingerprint density at radius 1 is 1.32 bits per heavy atom. The van der Waals surface area contributed by atoms with Crippen LogP contribution in [0.2, 0.25) is 5.15 Å². The molecule has 5 heteroatoms. The minimum Gasteiger partial charge on any atom is -0.357 e. The van der Waals surface area contributed by atoms with Crippen molar-refractivity contribution < 1.29 is 0 Å². The molecular formula is C14H13ClN4. The number of rotatable bonds is 2. The summed E-state index contributed by atoms with van der Waals surface area (Å²) >= 11 is 5.90. The van der Waals surface area contributed by atoms with Gasteiger partial charge in [-0.2, -0.15) is 5.26 Å². The molecule has 3 heterocycles. The highest BCUT2D eigenvalue weighted by molar-refractivity contribution is 6.29. The van der Waals surface area contributed by atoms with Gasteiger partial charge in [0.2, 0.25) is 0 Å². The van der Waals surface area contributed by atoms with E-state index in [9.17, 15) is 5.26 Å². The number of pyridine rings is 1. The van der Waals surface area contributed by atoms with Gasteiger partial charge in [0, 0.05) is 30.5 Å². The maximum atomic E-state index is 9.26. The lowest BCUT2D eigenvalue weighted by Gasteiger charge is -2.15. The number of halogens is 1. The predicted octanol–water partition coefficient (Wildman–Crippen LogP) is 3.20. The van der Waals surface area contributed by atoms with Crippen molar-refractivity contribution in [2.75, 3.05) is 18.0 Å². The molecule has 1 N–H and O–H groups in total. The minimum atomic E-state index is 0.452. The molecule has 0 aliphatic carbocycles. The van der Waals surface area contributed by atoms with Gasteiger partial charge >= 0.3 is 0 Å². The van der Waals surface area contributed by atoms with Crippen molar-refractivity contribution >= 4 is 17.4 Å². The van der Waals surface area contributed by atoms with Crippen LogP contribution < -0.4 is 4.90 Å². The highest BCUT2D eigenvalue weighted by atomic mass is 35.5. The van der Waals surface area contributed by atoms with Crippen LogP contribution in [0.25, 0.3) is 11.3 Å². The second-order valence-corrected chi connectivity index (χ2v) is 5.01. The van der Waals surface area contributed by atoms with Gasteiger partial charge in [0.05, 0.1) is 5.56 Å². The third-order valence-corrected chi connectivity index (χ3v) is 3.58. The molecule has 0 saturated carbocycles. The van der Waals surface area contributed by atoms with Crippen LogP contribution in [-0.2, 0) is 0 Å². The normalized spacial score (nSPS) is 14.6. The van der Waals surface area contributed by atoms with E-state index in [1.54, 1.807) is 12.3 Å². The fourth-order valence-electron chi connectivity index (χ4n) is 2.44. The van der Waals surface area contributed by atoms with Crippen molar-refractivity contribution in [2.45, 2.75) is 12.8 Å². The van der Waals surface area contributed by atoms with E-state index in [0.29, 0.717) is 10.7 Å². The molecule has 0 spiro atoms. The number of nitriles is 1. The van der Waals surface area contributed by atoms with E-state index in [2.05, 4.69) is 20.9 Å². The van der Waals surface area contributed by atoms with Crippen molar-refractivity contribution in [1.82, 2.24) is 9.97 Å². The van der Waals surface area contributed by atoms with Crippen LogP contribution in [0.15, 0.2) is 24.4 Å². The molecule has 2 aromatic heterocycles. The zero-order valence-corrected chi connectivity index (χ0v) is 11.1. The quantitative estimate of drug-likeness (QED) is 0.854. The minimum absolute atomic E-state index is 0.452. The van der Waals surface area contributed by atoms with Crippen LogP contribution in [0.3, 0.4) is 0 Å². The summed E-state index contributed by atoms with van der Waals surface area (Å²) in [6.07, 6.45) is 4.03. The monoisotopic (exact) mass is 272 g/mol. The van der Waals surface area contributed by atoms with Crippen molar-refractivity contribution in [2.24, 2.45) is 0 Å². The zero-order valence-electron chi connectivity index (χ0n) is 10.4. The van der Waals surface area contributed by atoms with Gasteiger partial charge in [0.15, 0.2) is 0 Å². The van der Waals surface area contributed by atoms with E-state index < -0.39 is 0 Å². The summed E-state index contributed by atoms with van der Waals surface area (Å²) in [7, 11) is 0. The van der Waals surface area contributed by atoms with Crippen LogP contribution in [0, 0.1) is 11.3 Å². The largest absolute Gasteiger partial charge is 0.357 e. The van der Waals surface area contributed by atoms with Crippen LogP contribution >= 0.6 is 11.6 Å². The number of H-pyrrole nitrogens is 1. The standard InChI is InChI=1S/C14H13ClN4/c15-13-8-10(3-4-17-13)12-7-11(9-16)14(18-12)19-5-1-2-6-19/h3-4,7-8,18H,1-2,5-6H2. The Hall–Kier alpha value is -1.99. The Balaban J connectivity index is 2.02. The van der Waals surface area contributed by atoms with Crippen molar-refractivity contribution in [3.05, 3.63) is 35.1 Å². The number of aromatic amines is 1. The van der Waals surface area contributed by atoms with E-state index in [1.807, 2.05) is 12.1 Å². The van der Waals surface area contributed by atoms with Gasteiger partial charge in [-0.15, -0.1) is 0 Å². The lowest BCUT2D eigenvalue weighted by atomic mass is 10.2. The van der Waals surface area contributed by atoms with Crippen molar-refractivity contribution in [3.63, 3.8) is 0 Å². The molecule has 1 aliphatic rings. The Morgan fingerprint density at radius 3 is 2.79 bits per heavy atom. The van der Waals surface area contributed by atoms with Gasteiger partial charge in [0.1, 0.15) is 17.0 Å². The van der Waals surface area contributed by atoms with Gasteiger partial charge < -0.3 is 9.88 Å². The van der Waals surface area contributed by atoms with E-state index in [-0.39, 0.29) is 0 Å². The fraction of sp³-hybridized carbons (Fsp3) is 0.286. The van der Waals surface area contributed by atoms with Gasteiger partial charge in [-0.05, 0) is 31.0 Å². The SMILES string of the molecule is N#Cc1cc(-c2ccnc(Cl)c2)[nH]c1N1CCCC1. The Bertz CT molecular complexity index is 635. The fourth-order valence-corrected chi connectivity index (χ4v) is 2.62. The summed E-state index contributed by atoms with van der Waals surface area (Å²) in [6, 6.07) is 7.81. The topological polar surface area (TPSA) is 55.7 Å². The average Bonchev–Trinajstić information content (AvgIpc) is 3.07. The van der Waals surface area contributed by atoms with Crippen LogP contribution in [0.1, 0.15) is 18.4 Å². The van der Waals surface area contributed by atoms with Crippen molar-refractivity contribution in [1.29, 1.82) is 5.26 Å². The summed E-state index contributed by atoms with van der Waals surface area (Å²) < 4.78 is 0. The molecule has 0 unspecified atom stereocenters. The highest BCUT2D eigenvalue weighted by Gasteiger charge is 2.19. The number of nitrogens with zero attached hydrogens (tertiary/aromatic N) is 3. The second kappa shape index (κ2) is 4.94. The van der Waals surface area contributed by atoms with E-state index >= 15 is 0 Å². The maximum absolute atomic E-state index is 9.26. The molecule has 0 amide bonds. The molecule has 1 aliphatic heterocycles. The van der Waals surface area contributed by atoms with Gasteiger partial charge in [-0.1, -0.05) is 11.6 Å². The number of aromatic nitrogens is 2. The molecule has 0 radical (unpaired) electrons.